The number of pyridine rings is 1. The maximum Gasteiger partial charge on any atom is 0.314 e. The van der Waals surface area contributed by atoms with E-state index < -0.39 is 11.4 Å². The van der Waals surface area contributed by atoms with Crippen molar-refractivity contribution in [2.75, 3.05) is 37.9 Å². The normalized spacial score (nSPS) is 21.5. The van der Waals surface area contributed by atoms with Gasteiger partial charge in [-0.3, -0.25) is 9.89 Å². The molecule has 2 aliphatic heterocycles. The average molecular weight is 444 g/mol. The molecule has 2 saturated heterocycles. The predicted molar refractivity (Wildman–Crippen MR) is 117 cm³/mol. The minimum absolute atomic E-state index is 0.145. The zero-order valence-electron chi connectivity index (χ0n) is 17.6. The number of H-pyrrole nitrogens is 1. The summed E-state index contributed by atoms with van der Waals surface area (Å²) in [6.45, 7) is 6.79. The molecule has 0 aromatic carbocycles. The Kier molecular flexibility index (Phi) is 5.15. The van der Waals surface area contributed by atoms with Crippen molar-refractivity contribution in [3.8, 4) is 11.4 Å². The summed E-state index contributed by atoms with van der Waals surface area (Å²) in [7, 11) is 0. The second-order valence-corrected chi connectivity index (χ2v) is 9.05. The lowest BCUT2D eigenvalue weighted by Crippen LogP contribution is -2.45. The highest BCUT2D eigenvalue weighted by atomic mass is 32.1. The van der Waals surface area contributed by atoms with Gasteiger partial charge in [0.1, 0.15) is 17.0 Å². The third-order valence-electron chi connectivity index (χ3n) is 6.31. The van der Waals surface area contributed by atoms with Crippen LogP contribution in [0.15, 0.2) is 12.1 Å². The molecule has 1 atom stereocenters. The van der Waals surface area contributed by atoms with Crippen LogP contribution in [0.25, 0.3) is 21.6 Å². The number of morpholine rings is 1. The number of aromatic nitrogens is 4. The maximum atomic E-state index is 12.6. The minimum Gasteiger partial charge on any atom is -0.481 e. The molecule has 164 valence electrons. The zero-order valence-corrected chi connectivity index (χ0v) is 18.4. The molecule has 0 amide bonds. The van der Waals surface area contributed by atoms with Gasteiger partial charge in [0.05, 0.1) is 40.8 Å². The van der Waals surface area contributed by atoms with Gasteiger partial charge >= 0.3 is 5.97 Å². The number of ether oxygens (including phenoxy) is 2. The molecule has 2 fully saturated rings. The largest absolute Gasteiger partial charge is 0.481 e. The molecular weight excluding hydrogens is 418 g/mol. The van der Waals surface area contributed by atoms with Gasteiger partial charge in [-0.1, -0.05) is 0 Å². The van der Waals surface area contributed by atoms with E-state index in [9.17, 15) is 9.90 Å². The van der Waals surface area contributed by atoms with Crippen molar-refractivity contribution in [3.63, 3.8) is 0 Å². The van der Waals surface area contributed by atoms with E-state index in [1.165, 1.54) is 11.5 Å². The Bertz CT molecular complexity index is 1120. The van der Waals surface area contributed by atoms with Gasteiger partial charge in [-0.05, 0) is 55.9 Å². The topological polar surface area (TPSA) is 113 Å². The van der Waals surface area contributed by atoms with E-state index >= 15 is 0 Å². The molecule has 5 rings (SSSR count). The van der Waals surface area contributed by atoms with Crippen LogP contribution < -0.4 is 4.90 Å². The first-order valence-corrected chi connectivity index (χ1v) is 11.3. The number of nitrogens with one attached hydrogen (secondary N) is 1. The van der Waals surface area contributed by atoms with Gasteiger partial charge in [0.15, 0.2) is 0 Å². The van der Waals surface area contributed by atoms with Crippen LogP contribution in [-0.2, 0) is 19.7 Å². The first-order valence-electron chi connectivity index (χ1n) is 10.5. The van der Waals surface area contributed by atoms with Crippen LogP contribution in [0.2, 0.25) is 0 Å². The second kappa shape index (κ2) is 7.85. The van der Waals surface area contributed by atoms with Crippen molar-refractivity contribution >= 4 is 33.5 Å². The summed E-state index contributed by atoms with van der Waals surface area (Å²) in [6, 6.07) is 4.04. The van der Waals surface area contributed by atoms with Gasteiger partial charge in [0.2, 0.25) is 0 Å². The highest BCUT2D eigenvalue weighted by Gasteiger charge is 2.44. The number of nitrogens with zero attached hydrogens (tertiary/aromatic N) is 4. The first kappa shape index (κ1) is 20.3. The van der Waals surface area contributed by atoms with Gasteiger partial charge < -0.3 is 19.5 Å². The Hall–Kier alpha value is -2.56. The van der Waals surface area contributed by atoms with Gasteiger partial charge in [0.25, 0.3) is 0 Å². The number of aliphatic carboxylic acids is 1. The van der Waals surface area contributed by atoms with Gasteiger partial charge in [-0.2, -0.15) is 9.47 Å². The molecule has 0 radical (unpaired) electrons. The lowest BCUT2D eigenvalue weighted by molar-refractivity contribution is -0.147. The summed E-state index contributed by atoms with van der Waals surface area (Å²) >= 11 is 1.30. The van der Waals surface area contributed by atoms with Gasteiger partial charge in [0, 0.05) is 19.8 Å². The Morgan fingerprint density at radius 1 is 1.29 bits per heavy atom. The van der Waals surface area contributed by atoms with E-state index in [0.29, 0.717) is 57.0 Å². The summed E-state index contributed by atoms with van der Waals surface area (Å²) < 4.78 is 16.6. The smallest absolute Gasteiger partial charge is 0.314 e. The molecular formula is C21H25N5O4S. The zero-order chi connectivity index (χ0) is 21.6. The van der Waals surface area contributed by atoms with Crippen LogP contribution in [0, 0.1) is 6.92 Å². The van der Waals surface area contributed by atoms with Crippen molar-refractivity contribution in [3.05, 3.63) is 23.4 Å². The van der Waals surface area contributed by atoms with E-state index in [1.807, 2.05) is 19.1 Å². The number of anilines is 1. The summed E-state index contributed by atoms with van der Waals surface area (Å²) in [6.07, 6.45) is 0.853. The van der Waals surface area contributed by atoms with E-state index in [-0.39, 0.29) is 6.04 Å². The van der Waals surface area contributed by atoms with Gasteiger partial charge in [-0.15, -0.1) is 0 Å². The number of carbonyl (C=O) groups is 1. The van der Waals surface area contributed by atoms with Crippen LogP contribution in [0.3, 0.4) is 0 Å². The minimum atomic E-state index is -1.02. The number of carboxylic acids is 1. The van der Waals surface area contributed by atoms with Crippen LogP contribution in [-0.4, -0.2) is 69.6 Å². The van der Waals surface area contributed by atoms with Crippen LogP contribution in [0.1, 0.15) is 31.0 Å². The average Bonchev–Trinajstić information content (AvgIpc) is 3.39. The molecule has 9 nitrogen and oxygen atoms in total. The number of hydrogen-bond donors (Lipinski definition) is 2. The fourth-order valence-electron chi connectivity index (χ4n) is 4.52. The lowest BCUT2D eigenvalue weighted by atomic mass is 9.74. The van der Waals surface area contributed by atoms with Crippen molar-refractivity contribution in [1.82, 2.24) is 19.6 Å². The summed E-state index contributed by atoms with van der Waals surface area (Å²) in [4.78, 5) is 19.8. The van der Waals surface area contributed by atoms with Crippen molar-refractivity contribution in [1.29, 1.82) is 0 Å². The number of rotatable bonds is 4. The van der Waals surface area contributed by atoms with E-state index in [1.54, 1.807) is 0 Å². The van der Waals surface area contributed by atoms with Crippen molar-refractivity contribution in [2.24, 2.45) is 0 Å². The van der Waals surface area contributed by atoms with Crippen LogP contribution >= 0.6 is 11.5 Å². The maximum absolute atomic E-state index is 12.6. The highest BCUT2D eigenvalue weighted by molar-refractivity contribution is 7.13. The van der Waals surface area contributed by atoms with Crippen LogP contribution in [0.5, 0.6) is 0 Å². The monoisotopic (exact) mass is 443 g/mol. The third kappa shape index (κ3) is 3.38. The Morgan fingerprint density at radius 3 is 2.77 bits per heavy atom. The molecule has 0 unspecified atom stereocenters. The number of hydrogen-bond acceptors (Lipinski definition) is 8. The number of aryl methyl sites for hydroxylation is 1. The first-order chi connectivity index (χ1) is 15.0. The highest BCUT2D eigenvalue weighted by Crippen LogP contribution is 2.43. The summed E-state index contributed by atoms with van der Waals surface area (Å²) in [5.41, 5.74) is 2.83. The molecule has 10 heteroatoms. The molecule has 0 saturated carbocycles. The molecule has 0 aliphatic carbocycles. The fourth-order valence-corrected chi connectivity index (χ4v) is 5.46. The molecule has 2 aliphatic rings. The second-order valence-electron chi connectivity index (χ2n) is 8.28. The Labute approximate surface area is 183 Å². The van der Waals surface area contributed by atoms with Crippen LogP contribution in [0.4, 0.5) is 5.82 Å². The Morgan fingerprint density at radius 2 is 2.10 bits per heavy atom. The SMILES string of the molecule is Cc1cc(-c2nsc3c(C4(C(=O)O)CCOCC4)cc(N4CCOC[C@H]4C)nc23)[nH]n1. The molecule has 31 heavy (non-hydrogen) atoms. The molecule has 0 spiro atoms. The van der Waals surface area contributed by atoms with Crippen molar-refractivity contribution in [2.45, 2.75) is 38.1 Å². The van der Waals surface area contributed by atoms with E-state index in [4.69, 9.17) is 14.5 Å². The van der Waals surface area contributed by atoms with Gasteiger partial charge in [-0.25, -0.2) is 4.98 Å². The number of fused-ring (bicyclic) bond motifs is 1. The van der Waals surface area contributed by atoms with Crippen molar-refractivity contribution < 1.29 is 19.4 Å². The van der Waals surface area contributed by atoms with E-state index in [0.717, 1.165) is 27.5 Å². The summed E-state index contributed by atoms with van der Waals surface area (Å²) in [5, 5.41) is 17.6. The number of carboxylic acid groups (broad SMARTS) is 1. The standard InChI is InChI=1S/C21H25N5O4S/c1-12-9-15(24-23-12)17-18-19(31-25-17)14(21(20(27)28)3-6-29-7-4-21)10-16(22-18)26-5-8-30-11-13(26)2/h9-10,13H,3-8,11H2,1-2H3,(H,23,24)(H,27,28)/t13-/m1/s1. The lowest BCUT2D eigenvalue weighted by Gasteiger charge is -2.37. The summed E-state index contributed by atoms with van der Waals surface area (Å²) in [5.74, 6) is -0.0558. The quantitative estimate of drug-likeness (QED) is 0.633. The molecule has 3 aromatic heterocycles. The van der Waals surface area contributed by atoms with E-state index in [2.05, 4.69) is 26.4 Å². The fraction of sp³-hybridized carbons (Fsp3) is 0.524. The predicted octanol–water partition coefficient (Wildman–Crippen LogP) is 2.75. The number of aromatic amines is 1. The molecule has 5 heterocycles. The Balaban J connectivity index is 1.75. The third-order valence-corrected chi connectivity index (χ3v) is 7.18. The molecule has 3 aromatic rings. The molecule has 0 bridgehead atoms. The molecule has 2 N–H and O–H groups in total.